The number of aryl methyl sites for hydroxylation is 1. The van der Waals surface area contributed by atoms with Crippen LogP contribution in [-0.4, -0.2) is 17.4 Å². The quantitative estimate of drug-likeness (QED) is 0.733. The Kier molecular flexibility index (Phi) is 5.08. The van der Waals surface area contributed by atoms with Crippen LogP contribution in [0.15, 0.2) is 18.2 Å². The van der Waals surface area contributed by atoms with E-state index in [4.69, 9.17) is 0 Å². The molecule has 0 atom stereocenters. The lowest BCUT2D eigenvalue weighted by atomic mass is 9.77. The van der Waals surface area contributed by atoms with Gasteiger partial charge >= 0.3 is 0 Å². The second-order valence-electron chi connectivity index (χ2n) is 7.06. The molecule has 21 heavy (non-hydrogen) atoms. The number of hydrogen-bond donors (Lipinski definition) is 0. The van der Waals surface area contributed by atoms with Gasteiger partial charge in [-0.3, -0.25) is 4.79 Å². The number of rotatable bonds is 5. The molecule has 2 rings (SSSR count). The summed E-state index contributed by atoms with van der Waals surface area (Å²) in [5.41, 5.74) is 4.26. The predicted octanol–water partition coefficient (Wildman–Crippen LogP) is 4.45. The highest BCUT2D eigenvalue weighted by Gasteiger charge is 2.32. The number of unbranched alkanes of at least 4 members (excludes halogenated alkanes) is 3. The van der Waals surface area contributed by atoms with E-state index in [1.54, 1.807) is 6.92 Å². The molecule has 0 aliphatic carbocycles. The molecule has 2 nitrogen and oxygen atoms in total. The first kappa shape index (κ1) is 16.1. The molecular formula is C19H29NO. The zero-order chi connectivity index (χ0) is 15.5. The van der Waals surface area contributed by atoms with E-state index in [2.05, 4.69) is 39.0 Å². The largest absolute Gasteiger partial charge is 0.338 e. The lowest BCUT2D eigenvalue weighted by Crippen LogP contribution is -2.44. The van der Waals surface area contributed by atoms with Crippen molar-refractivity contribution in [3.63, 3.8) is 0 Å². The minimum atomic E-state index is 0.0542. The van der Waals surface area contributed by atoms with Crippen LogP contribution in [0.3, 0.4) is 0 Å². The summed E-state index contributed by atoms with van der Waals surface area (Å²) >= 11 is 0. The van der Waals surface area contributed by atoms with Gasteiger partial charge in [-0.05, 0) is 29.5 Å². The Hall–Kier alpha value is -1.31. The second kappa shape index (κ2) is 6.64. The highest BCUT2D eigenvalue weighted by molar-refractivity contribution is 5.74. The third-order valence-corrected chi connectivity index (χ3v) is 4.62. The van der Waals surface area contributed by atoms with E-state index in [0.29, 0.717) is 0 Å². The highest BCUT2D eigenvalue weighted by Crippen LogP contribution is 2.34. The SMILES string of the molecule is CCCCCCc1ccc2c(c1)C(C)(C)CN(C(C)=O)C2. The lowest BCUT2D eigenvalue weighted by molar-refractivity contribution is -0.130. The molecule has 0 saturated carbocycles. The average Bonchev–Trinajstić information content (AvgIpc) is 2.43. The van der Waals surface area contributed by atoms with Gasteiger partial charge in [-0.2, -0.15) is 0 Å². The van der Waals surface area contributed by atoms with Crippen LogP contribution in [0.1, 0.15) is 70.1 Å². The average molecular weight is 287 g/mol. The van der Waals surface area contributed by atoms with Crippen LogP contribution in [0.2, 0.25) is 0 Å². The first-order valence-electron chi connectivity index (χ1n) is 8.32. The van der Waals surface area contributed by atoms with Gasteiger partial charge in [-0.15, -0.1) is 0 Å². The second-order valence-corrected chi connectivity index (χ2v) is 7.06. The molecule has 1 aromatic carbocycles. The molecule has 1 aliphatic rings. The van der Waals surface area contributed by atoms with E-state index in [1.165, 1.54) is 48.8 Å². The molecule has 1 aromatic rings. The smallest absolute Gasteiger partial charge is 0.219 e. The van der Waals surface area contributed by atoms with Crippen LogP contribution in [0, 0.1) is 0 Å². The molecule has 0 N–H and O–H groups in total. The zero-order valence-corrected chi connectivity index (χ0v) is 14.0. The molecule has 0 saturated heterocycles. The molecule has 0 spiro atoms. The topological polar surface area (TPSA) is 20.3 Å². The van der Waals surface area contributed by atoms with E-state index in [9.17, 15) is 4.79 Å². The molecule has 0 radical (unpaired) electrons. The first-order valence-corrected chi connectivity index (χ1v) is 8.32. The third kappa shape index (κ3) is 3.87. The van der Waals surface area contributed by atoms with Crippen molar-refractivity contribution < 1.29 is 4.79 Å². The summed E-state index contributed by atoms with van der Waals surface area (Å²) in [7, 11) is 0. The van der Waals surface area contributed by atoms with Crippen LogP contribution >= 0.6 is 0 Å². The number of carbonyl (C=O) groups excluding carboxylic acids is 1. The summed E-state index contributed by atoms with van der Waals surface area (Å²) in [6, 6.07) is 6.88. The number of benzene rings is 1. The fraction of sp³-hybridized carbons (Fsp3) is 0.632. The van der Waals surface area contributed by atoms with Crippen molar-refractivity contribution in [3.05, 3.63) is 34.9 Å². The Morgan fingerprint density at radius 2 is 2.00 bits per heavy atom. The zero-order valence-electron chi connectivity index (χ0n) is 14.0. The highest BCUT2D eigenvalue weighted by atomic mass is 16.2. The standard InChI is InChI=1S/C19H29NO/c1-5-6-7-8-9-16-10-11-17-13-20(15(2)21)14-19(3,4)18(17)12-16/h10-12H,5-9,13-14H2,1-4H3. The van der Waals surface area contributed by atoms with E-state index in [-0.39, 0.29) is 11.3 Å². The number of carbonyl (C=O) groups is 1. The molecule has 0 aromatic heterocycles. The van der Waals surface area contributed by atoms with Gasteiger partial charge in [-0.1, -0.05) is 58.2 Å². The molecular weight excluding hydrogens is 258 g/mol. The van der Waals surface area contributed by atoms with Gasteiger partial charge in [0.1, 0.15) is 0 Å². The number of hydrogen-bond acceptors (Lipinski definition) is 1. The van der Waals surface area contributed by atoms with Gasteiger partial charge in [0.15, 0.2) is 0 Å². The molecule has 0 bridgehead atoms. The van der Waals surface area contributed by atoms with E-state index < -0.39 is 0 Å². The van der Waals surface area contributed by atoms with E-state index in [0.717, 1.165) is 13.1 Å². The Labute approximate surface area is 129 Å². The maximum atomic E-state index is 11.7. The summed E-state index contributed by atoms with van der Waals surface area (Å²) in [6.07, 6.45) is 6.42. The monoisotopic (exact) mass is 287 g/mol. The van der Waals surface area contributed by atoms with Gasteiger partial charge < -0.3 is 4.90 Å². The van der Waals surface area contributed by atoms with Gasteiger partial charge in [0.2, 0.25) is 5.91 Å². The minimum absolute atomic E-state index is 0.0542. The lowest BCUT2D eigenvalue weighted by Gasteiger charge is -2.40. The summed E-state index contributed by atoms with van der Waals surface area (Å²) in [5, 5.41) is 0. The van der Waals surface area contributed by atoms with Gasteiger partial charge in [0, 0.05) is 25.4 Å². The number of amides is 1. The van der Waals surface area contributed by atoms with Crippen LogP contribution in [0.4, 0.5) is 0 Å². The normalized spacial score (nSPS) is 16.7. The molecule has 1 amide bonds. The predicted molar refractivity (Wildman–Crippen MR) is 88.4 cm³/mol. The molecule has 1 heterocycles. The molecule has 1 aliphatic heterocycles. The Morgan fingerprint density at radius 3 is 2.67 bits per heavy atom. The first-order chi connectivity index (χ1) is 9.94. The number of nitrogens with zero attached hydrogens (tertiary/aromatic N) is 1. The fourth-order valence-electron chi connectivity index (χ4n) is 3.35. The maximum absolute atomic E-state index is 11.7. The summed E-state index contributed by atoms with van der Waals surface area (Å²) in [6.45, 7) is 10.0. The summed E-state index contributed by atoms with van der Waals surface area (Å²) in [4.78, 5) is 13.7. The maximum Gasteiger partial charge on any atom is 0.219 e. The summed E-state index contributed by atoms with van der Waals surface area (Å²) < 4.78 is 0. The van der Waals surface area contributed by atoms with Crippen molar-refractivity contribution in [1.82, 2.24) is 4.90 Å². The molecule has 0 unspecified atom stereocenters. The molecule has 2 heteroatoms. The molecule has 116 valence electrons. The molecule has 0 fully saturated rings. The van der Waals surface area contributed by atoms with Crippen molar-refractivity contribution in [2.75, 3.05) is 6.54 Å². The van der Waals surface area contributed by atoms with Crippen LogP contribution in [0.5, 0.6) is 0 Å². The fourth-order valence-corrected chi connectivity index (χ4v) is 3.35. The van der Waals surface area contributed by atoms with Crippen molar-refractivity contribution in [1.29, 1.82) is 0 Å². The Morgan fingerprint density at radius 1 is 1.24 bits per heavy atom. The Bertz CT molecular complexity index is 504. The summed E-state index contributed by atoms with van der Waals surface area (Å²) in [5.74, 6) is 0.178. The van der Waals surface area contributed by atoms with E-state index in [1.807, 2.05) is 4.90 Å². The van der Waals surface area contributed by atoms with E-state index >= 15 is 0 Å². The number of fused-ring (bicyclic) bond motifs is 1. The van der Waals surface area contributed by atoms with Crippen molar-refractivity contribution in [2.24, 2.45) is 0 Å². The van der Waals surface area contributed by atoms with Crippen LogP contribution < -0.4 is 0 Å². The van der Waals surface area contributed by atoms with Crippen molar-refractivity contribution >= 4 is 5.91 Å². The Balaban J connectivity index is 2.14. The third-order valence-electron chi connectivity index (χ3n) is 4.62. The minimum Gasteiger partial charge on any atom is -0.338 e. The van der Waals surface area contributed by atoms with Gasteiger partial charge in [-0.25, -0.2) is 0 Å². The van der Waals surface area contributed by atoms with Crippen molar-refractivity contribution in [3.8, 4) is 0 Å². The van der Waals surface area contributed by atoms with Gasteiger partial charge in [0.05, 0.1) is 0 Å². The van der Waals surface area contributed by atoms with Gasteiger partial charge in [0.25, 0.3) is 0 Å². The van der Waals surface area contributed by atoms with Crippen LogP contribution in [-0.2, 0) is 23.2 Å². The van der Waals surface area contributed by atoms with Crippen LogP contribution in [0.25, 0.3) is 0 Å². The van der Waals surface area contributed by atoms with Crippen molar-refractivity contribution in [2.45, 2.75) is 71.8 Å².